The number of hydrogen-bond donors (Lipinski definition) is 2. The average Bonchev–Trinajstić information content (AvgIpc) is 2.66. The number of pyridine rings is 2. The third-order valence-electron chi connectivity index (χ3n) is 5.97. The summed E-state index contributed by atoms with van der Waals surface area (Å²) in [6, 6.07) is 3.95. The van der Waals surface area contributed by atoms with E-state index in [2.05, 4.69) is 20.9 Å². The Morgan fingerprint density at radius 1 is 1.26 bits per heavy atom. The molecule has 0 aromatic carbocycles. The number of aliphatic hydroxyl groups is 1. The van der Waals surface area contributed by atoms with E-state index in [1.807, 2.05) is 19.2 Å². The Morgan fingerprint density at radius 2 is 1.94 bits per heavy atom. The molecule has 1 fully saturated rings. The monoisotopic (exact) mass is 428 g/mol. The van der Waals surface area contributed by atoms with Crippen molar-refractivity contribution in [1.29, 1.82) is 0 Å². The summed E-state index contributed by atoms with van der Waals surface area (Å²) in [4.78, 5) is 36.2. The van der Waals surface area contributed by atoms with E-state index in [4.69, 9.17) is 5.11 Å². The number of carboxylic acids is 1. The molecule has 0 saturated carbocycles. The molecule has 168 valence electrons. The fourth-order valence-corrected chi connectivity index (χ4v) is 4.31. The number of likely N-dealkylation sites (N-methyl/N-ethyl adjacent to an activating group) is 1. The van der Waals surface area contributed by atoms with Gasteiger partial charge in [-0.1, -0.05) is 13.8 Å². The average molecular weight is 429 g/mol. The largest absolute Gasteiger partial charge is 0.481 e. The number of nitrogens with zero attached hydrogens (tertiary/aromatic N) is 4. The van der Waals surface area contributed by atoms with E-state index >= 15 is 0 Å². The van der Waals surface area contributed by atoms with Gasteiger partial charge in [0.1, 0.15) is 0 Å². The van der Waals surface area contributed by atoms with Crippen LogP contribution >= 0.6 is 0 Å². The first-order chi connectivity index (χ1) is 14.5. The van der Waals surface area contributed by atoms with Crippen molar-refractivity contribution in [2.75, 3.05) is 31.6 Å². The van der Waals surface area contributed by atoms with Gasteiger partial charge in [-0.05, 0) is 37.3 Å². The molecule has 2 aromatic heterocycles. The number of carboxylic acid groups (broad SMARTS) is 1. The topological polar surface area (TPSA) is 107 Å². The fourth-order valence-electron chi connectivity index (χ4n) is 4.31. The summed E-state index contributed by atoms with van der Waals surface area (Å²) in [5.41, 5.74) is 1.31. The highest BCUT2D eigenvalue weighted by atomic mass is 16.4. The molecule has 0 bridgehead atoms. The molecular weight excluding hydrogens is 396 g/mol. The maximum absolute atomic E-state index is 12.6. The van der Waals surface area contributed by atoms with Crippen LogP contribution in [0.3, 0.4) is 0 Å². The zero-order valence-corrected chi connectivity index (χ0v) is 18.8. The van der Waals surface area contributed by atoms with Crippen LogP contribution < -0.4 is 4.90 Å². The van der Waals surface area contributed by atoms with Crippen LogP contribution in [0.15, 0.2) is 24.5 Å². The van der Waals surface area contributed by atoms with Gasteiger partial charge in [0.05, 0.1) is 17.5 Å². The third kappa shape index (κ3) is 5.70. The lowest BCUT2D eigenvalue weighted by atomic mass is 9.84. The smallest absolute Gasteiger partial charge is 0.303 e. The number of aliphatic carboxylic acids is 1. The second kappa shape index (κ2) is 8.78. The summed E-state index contributed by atoms with van der Waals surface area (Å²) in [6.07, 6.45) is 4.69. The van der Waals surface area contributed by atoms with E-state index < -0.39 is 17.0 Å². The van der Waals surface area contributed by atoms with Crippen LogP contribution in [0.5, 0.6) is 0 Å². The van der Waals surface area contributed by atoms with Crippen molar-refractivity contribution in [3.8, 4) is 0 Å². The molecular formula is C23H32N4O4. The van der Waals surface area contributed by atoms with Gasteiger partial charge >= 0.3 is 5.97 Å². The van der Waals surface area contributed by atoms with E-state index in [1.54, 1.807) is 27.1 Å². The Kier molecular flexibility index (Phi) is 6.50. The standard InChI is InChI=1S/C23H32N4O4/c1-16-11-19(17-14-24-8-5-18(17)25-16)27-9-6-23(31,7-10-27)15-26(4)20(28)12-22(2,3)13-21(29)30/h5,8,11,14,31H,6-7,9-10,12-13,15H2,1-4H3,(H,29,30). The van der Waals surface area contributed by atoms with Gasteiger partial charge in [-0.3, -0.25) is 19.6 Å². The number of carbonyl (C=O) groups is 2. The lowest BCUT2D eigenvalue weighted by Gasteiger charge is -2.41. The van der Waals surface area contributed by atoms with Crippen molar-refractivity contribution in [1.82, 2.24) is 14.9 Å². The minimum atomic E-state index is -0.964. The maximum Gasteiger partial charge on any atom is 0.303 e. The molecule has 0 atom stereocenters. The van der Waals surface area contributed by atoms with Crippen molar-refractivity contribution in [3.63, 3.8) is 0 Å². The molecule has 0 radical (unpaired) electrons. The van der Waals surface area contributed by atoms with E-state index in [1.165, 1.54) is 4.90 Å². The molecule has 2 aromatic rings. The second-order valence-electron chi connectivity index (χ2n) is 9.55. The van der Waals surface area contributed by atoms with E-state index in [-0.39, 0.29) is 25.3 Å². The zero-order valence-electron chi connectivity index (χ0n) is 18.8. The van der Waals surface area contributed by atoms with E-state index in [0.717, 1.165) is 22.3 Å². The molecule has 2 N–H and O–H groups in total. The van der Waals surface area contributed by atoms with Gasteiger partial charge in [-0.15, -0.1) is 0 Å². The number of amides is 1. The second-order valence-corrected chi connectivity index (χ2v) is 9.55. The predicted molar refractivity (Wildman–Crippen MR) is 119 cm³/mol. The summed E-state index contributed by atoms with van der Waals surface area (Å²) in [5, 5.41) is 21.1. The minimum Gasteiger partial charge on any atom is -0.481 e. The van der Waals surface area contributed by atoms with Crippen LogP contribution in [-0.4, -0.2) is 69.2 Å². The number of hydrogen-bond acceptors (Lipinski definition) is 6. The van der Waals surface area contributed by atoms with Crippen LogP contribution in [0.2, 0.25) is 0 Å². The molecule has 1 aliphatic rings. The van der Waals surface area contributed by atoms with Gasteiger partial charge < -0.3 is 20.0 Å². The SMILES string of the molecule is Cc1cc(N2CCC(O)(CN(C)C(=O)CC(C)(C)CC(=O)O)CC2)c2cnccc2n1. The third-order valence-corrected chi connectivity index (χ3v) is 5.97. The van der Waals surface area contributed by atoms with Gasteiger partial charge in [0.2, 0.25) is 5.91 Å². The van der Waals surface area contributed by atoms with Gasteiger partial charge in [-0.25, -0.2) is 0 Å². The summed E-state index contributed by atoms with van der Waals surface area (Å²) >= 11 is 0. The first-order valence-corrected chi connectivity index (χ1v) is 10.6. The number of aromatic nitrogens is 2. The first-order valence-electron chi connectivity index (χ1n) is 10.6. The lowest BCUT2D eigenvalue weighted by molar-refractivity contribution is -0.141. The van der Waals surface area contributed by atoms with E-state index in [0.29, 0.717) is 25.9 Å². The van der Waals surface area contributed by atoms with Gasteiger partial charge in [0.25, 0.3) is 0 Å². The zero-order chi connectivity index (χ0) is 22.8. The Balaban J connectivity index is 1.63. The summed E-state index contributed by atoms with van der Waals surface area (Å²) in [6.45, 7) is 7.08. The quantitative estimate of drug-likeness (QED) is 0.698. The highest BCUT2D eigenvalue weighted by molar-refractivity contribution is 5.91. The molecule has 8 nitrogen and oxygen atoms in total. The van der Waals surface area contributed by atoms with Crippen LogP contribution in [0.4, 0.5) is 5.69 Å². The first kappa shape index (κ1) is 22.9. The summed E-state index contributed by atoms with van der Waals surface area (Å²) in [7, 11) is 1.68. The minimum absolute atomic E-state index is 0.0695. The number of anilines is 1. The maximum atomic E-state index is 12.6. The fraction of sp³-hybridized carbons (Fsp3) is 0.565. The number of piperidine rings is 1. The Hall–Kier alpha value is -2.74. The van der Waals surface area contributed by atoms with Crippen LogP contribution in [-0.2, 0) is 9.59 Å². The predicted octanol–water partition coefficient (Wildman–Crippen LogP) is 2.62. The van der Waals surface area contributed by atoms with Crippen LogP contribution in [0, 0.1) is 12.3 Å². The molecule has 1 amide bonds. The Morgan fingerprint density at radius 3 is 2.58 bits per heavy atom. The summed E-state index contributed by atoms with van der Waals surface area (Å²) < 4.78 is 0. The highest BCUT2D eigenvalue weighted by Crippen LogP contribution is 2.32. The van der Waals surface area contributed by atoms with Crippen molar-refractivity contribution < 1.29 is 19.8 Å². The van der Waals surface area contributed by atoms with Crippen molar-refractivity contribution in [3.05, 3.63) is 30.2 Å². The Labute approximate surface area is 182 Å². The number of carbonyl (C=O) groups excluding carboxylic acids is 1. The molecule has 3 rings (SSSR count). The summed E-state index contributed by atoms with van der Waals surface area (Å²) in [5.74, 6) is -1.07. The molecule has 0 aliphatic carbocycles. The molecule has 1 saturated heterocycles. The number of aryl methyl sites for hydroxylation is 1. The lowest BCUT2D eigenvalue weighted by Crippen LogP contribution is -2.51. The highest BCUT2D eigenvalue weighted by Gasteiger charge is 2.36. The van der Waals surface area contributed by atoms with Crippen LogP contribution in [0.1, 0.15) is 45.2 Å². The molecule has 31 heavy (non-hydrogen) atoms. The number of fused-ring (bicyclic) bond motifs is 1. The van der Waals surface area contributed by atoms with Gasteiger partial charge in [0.15, 0.2) is 0 Å². The molecule has 0 spiro atoms. The molecule has 3 heterocycles. The normalized spacial score (nSPS) is 16.4. The van der Waals surface area contributed by atoms with Crippen molar-refractivity contribution in [2.45, 2.75) is 52.1 Å². The van der Waals surface area contributed by atoms with Gasteiger partial charge in [0, 0.05) is 62.3 Å². The van der Waals surface area contributed by atoms with Gasteiger partial charge in [-0.2, -0.15) is 0 Å². The number of rotatable bonds is 7. The Bertz CT molecular complexity index is 967. The van der Waals surface area contributed by atoms with Crippen LogP contribution in [0.25, 0.3) is 10.9 Å². The molecule has 1 aliphatic heterocycles. The van der Waals surface area contributed by atoms with Crippen molar-refractivity contribution in [2.24, 2.45) is 5.41 Å². The van der Waals surface area contributed by atoms with Crippen molar-refractivity contribution >= 4 is 28.5 Å². The molecule has 0 unspecified atom stereocenters. The van der Waals surface area contributed by atoms with E-state index in [9.17, 15) is 14.7 Å². The molecule has 8 heteroatoms.